The quantitative estimate of drug-likeness (QED) is 0.735. The number of allylic oxidation sites excluding steroid dienone is 1. The van der Waals surface area contributed by atoms with Gasteiger partial charge in [-0.05, 0) is 23.8 Å². The fourth-order valence-electron chi connectivity index (χ4n) is 1.15. The number of carbonyl (C=O) groups excluding carboxylic acids is 1. The van der Waals surface area contributed by atoms with Crippen LogP contribution in [0, 0.1) is 28.6 Å². The summed E-state index contributed by atoms with van der Waals surface area (Å²) in [6.07, 6.45) is 2.79. The highest BCUT2D eigenvalue weighted by molar-refractivity contribution is 5.98. The summed E-state index contributed by atoms with van der Waals surface area (Å²) >= 11 is 0. The molecular weight excluding hydrogens is 216 g/mol. The van der Waals surface area contributed by atoms with Crippen molar-refractivity contribution in [2.75, 3.05) is 7.11 Å². The smallest absolute Gasteiger partial charge is 0.195 e. The number of nitrogens with zero attached hydrogens (tertiary/aromatic N) is 2. The Morgan fingerprint density at radius 1 is 1.29 bits per heavy atom. The summed E-state index contributed by atoms with van der Waals surface area (Å²) in [6.45, 7) is 0. The molecule has 0 fully saturated rings. The first-order chi connectivity index (χ1) is 8.21. The minimum Gasteiger partial charge on any atom is -0.497 e. The first-order valence-electron chi connectivity index (χ1n) is 4.86. The third kappa shape index (κ3) is 3.48. The normalized spacial score (nSPS) is 9.88. The molecule has 0 saturated carbocycles. The highest BCUT2D eigenvalue weighted by Crippen LogP contribution is 2.12. The maximum atomic E-state index is 11.3. The van der Waals surface area contributed by atoms with Crippen LogP contribution in [-0.2, 0) is 4.79 Å². The van der Waals surface area contributed by atoms with Gasteiger partial charge in [-0.3, -0.25) is 4.79 Å². The Hall–Kier alpha value is -2.59. The second-order valence-electron chi connectivity index (χ2n) is 3.20. The lowest BCUT2D eigenvalue weighted by atomic mass is 10.1. The maximum absolute atomic E-state index is 11.3. The van der Waals surface area contributed by atoms with Crippen LogP contribution in [0.5, 0.6) is 5.75 Å². The third-order valence-electron chi connectivity index (χ3n) is 2.10. The molecule has 0 bridgehead atoms. The average Bonchev–Trinajstić information content (AvgIpc) is 2.38. The number of hydrogen-bond donors (Lipinski definition) is 0. The molecule has 0 saturated heterocycles. The first kappa shape index (κ1) is 12.5. The van der Waals surface area contributed by atoms with Gasteiger partial charge < -0.3 is 4.74 Å². The second-order valence-corrected chi connectivity index (χ2v) is 3.20. The zero-order chi connectivity index (χ0) is 12.7. The monoisotopic (exact) mass is 226 g/mol. The van der Waals surface area contributed by atoms with E-state index in [9.17, 15) is 4.79 Å². The number of benzene rings is 1. The minimum absolute atomic E-state index is 0.509. The van der Waals surface area contributed by atoms with Crippen LogP contribution in [0.2, 0.25) is 0 Å². The molecule has 17 heavy (non-hydrogen) atoms. The summed E-state index contributed by atoms with van der Waals surface area (Å²) in [5, 5.41) is 17.0. The molecule has 0 atom stereocenters. The summed E-state index contributed by atoms with van der Waals surface area (Å²) in [6, 6.07) is 10.3. The Labute approximate surface area is 99.4 Å². The lowest BCUT2D eigenvalue weighted by Gasteiger charge is -1.99. The van der Waals surface area contributed by atoms with Crippen LogP contribution in [0.25, 0.3) is 6.08 Å². The Morgan fingerprint density at radius 3 is 2.35 bits per heavy atom. The number of hydrogen-bond acceptors (Lipinski definition) is 4. The van der Waals surface area contributed by atoms with E-state index in [-0.39, 0.29) is 0 Å². The van der Waals surface area contributed by atoms with Gasteiger partial charge in [0.25, 0.3) is 0 Å². The zero-order valence-electron chi connectivity index (χ0n) is 9.25. The predicted molar refractivity (Wildman–Crippen MR) is 61.8 cm³/mol. The molecule has 4 nitrogen and oxygen atoms in total. The number of methoxy groups -OCH3 is 1. The standard InChI is InChI=1S/C13H10N2O2/c1-17-12-5-2-10(3-6-12)4-7-13(16)11(8-14)9-15/h2-7,11H,1H3/b7-4+. The number of rotatable bonds is 4. The van der Waals surface area contributed by atoms with E-state index in [1.54, 1.807) is 49.6 Å². The van der Waals surface area contributed by atoms with Crippen molar-refractivity contribution in [1.82, 2.24) is 0 Å². The Kier molecular flexibility index (Phi) is 4.47. The zero-order valence-corrected chi connectivity index (χ0v) is 9.25. The molecule has 0 unspecified atom stereocenters. The number of carbonyl (C=O) groups is 1. The van der Waals surface area contributed by atoms with Crippen molar-refractivity contribution in [3.63, 3.8) is 0 Å². The summed E-state index contributed by atoms with van der Waals surface area (Å²) in [5.74, 6) is -1.02. The second kappa shape index (κ2) is 6.09. The van der Waals surface area contributed by atoms with Gasteiger partial charge in [-0.2, -0.15) is 10.5 Å². The van der Waals surface area contributed by atoms with E-state index >= 15 is 0 Å². The molecule has 0 aliphatic heterocycles. The van der Waals surface area contributed by atoms with Gasteiger partial charge in [0.05, 0.1) is 19.2 Å². The minimum atomic E-state index is -1.23. The number of ether oxygens (including phenoxy) is 1. The molecule has 1 aromatic carbocycles. The Morgan fingerprint density at radius 2 is 1.88 bits per heavy atom. The summed E-state index contributed by atoms with van der Waals surface area (Å²) in [4.78, 5) is 11.3. The van der Waals surface area contributed by atoms with Gasteiger partial charge in [-0.15, -0.1) is 0 Å². The summed E-state index contributed by atoms with van der Waals surface area (Å²) < 4.78 is 4.99. The van der Waals surface area contributed by atoms with Crippen LogP contribution in [0.1, 0.15) is 5.56 Å². The van der Waals surface area contributed by atoms with Gasteiger partial charge in [-0.1, -0.05) is 18.2 Å². The van der Waals surface area contributed by atoms with E-state index in [4.69, 9.17) is 15.3 Å². The molecular formula is C13H10N2O2. The molecule has 0 aliphatic rings. The van der Waals surface area contributed by atoms with Gasteiger partial charge >= 0.3 is 0 Å². The maximum Gasteiger partial charge on any atom is 0.195 e. The molecule has 4 heteroatoms. The van der Waals surface area contributed by atoms with Gasteiger partial charge in [-0.25, -0.2) is 0 Å². The van der Waals surface area contributed by atoms with Crippen LogP contribution in [-0.4, -0.2) is 12.9 Å². The van der Waals surface area contributed by atoms with Crippen molar-refractivity contribution in [2.24, 2.45) is 5.92 Å². The molecule has 0 amide bonds. The van der Waals surface area contributed by atoms with Crippen molar-refractivity contribution in [3.8, 4) is 17.9 Å². The molecule has 1 rings (SSSR count). The van der Waals surface area contributed by atoms with E-state index in [0.29, 0.717) is 0 Å². The molecule has 0 heterocycles. The van der Waals surface area contributed by atoms with E-state index in [0.717, 1.165) is 11.3 Å². The van der Waals surface area contributed by atoms with Crippen LogP contribution < -0.4 is 4.74 Å². The SMILES string of the molecule is COc1ccc(/C=C/C(=O)C(C#N)C#N)cc1. The van der Waals surface area contributed by atoms with E-state index in [1.807, 2.05) is 0 Å². The van der Waals surface area contributed by atoms with E-state index in [2.05, 4.69) is 0 Å². The number of ketones is 1. The molecule has 0 aliphatic carbocycles. The topological polar surface area (TPSA) is 73.9 Å². The fourth-order valence-corrected chi connectivity index (χ4v) is 1.15. The summed E-state index contributed by atoms with van der Waals surface area (Å²) in [7, 11) is 1.57. The number of nitriles is 2. The highest BCUT2D eigenvalue weighted by atomic mass is 16.5. The highest BCUT2D eigenvalue weighted by Gasteiger charge is 2.12. The van der Waals surface area contributed by atoms with Crippen molar-refractivity contribution >= 4 is 11.9 Å². The largest absolute Gasteiger partial charge is 0.497 e. The third-order valence-corrected chi connectivity index (χ3v) is 2.10. The molecule has 0 N–H and O–H groups in total. The molecule has 0 radical (unpaired) electrons. The van der Waals surface area contributed by atoms with Crippen molar-refractivity contribution in [1.29, 1.82) is 10.5 Å². The predicted octanol–water partition coefficient (Wildman–Crippen LogP) is 1.94. The van der Waals surface area contributed by atoms with Crippen LogP contribution in [0.3, 0.4) is 0 Å². The van der Waals surface area contributed by atoms with Gasteiger partial charge in [0.1, 0.15) is 5.75 Å². The molecule has 84 valence electrons. The Balaban J connectivity index is 2.74. The van der Waals surface area contributed by atoms with Gasteiger partial charge in [0.2, 0.25) is 0 Å². The van der Waals surface area contributed by atoms with Crippen molar-refractivity contribution in [3.05, 3.63) is 35.9 Å². The fraction of sp³-hybridized carbons (Fsp3) is 0.154. The van der Waals surface area contributed by atoms with Gasteiger partial charge in [0.15, 0.2) is 11.7 Å². The van der Waals surface area contributed by atoms with Crippen LogP contribution >= 0.6 is 0 Å². The Bertz CT molecular complexity index is 490. The first-order valence-corrected chi connectivity index (χ1v) is 4.86. The molecule has 0 aromatic heterocycles. The molecule has 0 spiro atoms. The summed E-state index contributed by atoms with van der Waals surface area (Å²) in [5.41, 5.74) is 0.800. The van der Waals surface area contributed by atoms with Crippen LogP contribution in [0.15, 0.2) is 30.3 Å². The van der Waals surface area contributed by atoms with E-state index in [1.165, 1.54) is 6.08 Å². The lowest BCUT2D eigenvalue weighted by molar-refractivity contribution is -0.115. The van der Waals surface area contributed by atoms with Crippen LogP contribution in [0.4, 0.5) is 0 Å². The van der Waals surface area contributed by atoms with Crippen molar-refractivity contribution < 1.29 is 9.53 Å². The lowest BCUT2D eigenvalue weighted by Crippen LogP contribution is -2.06. The molecule has 1 aromatic rings. The van der Waals surface area contributed by atoms with Gasteiger partial charge in [0, 0.05) is 0 Å². The van der Waals surface area contributed by atoms with Crippen molar-refractivity contribution in [2.45, 2.75) is 0 Å². The average molecular weight is 226 g/mol. The van der Waals surface area contributed by atoms with E-state index < -0.39 is 11.7 Å².